The molecular weight excluding hydrogens is 280 g/mol. The van der Waals surface area contributed by atoms with Crippen LogP contribution in [-0.4, -0.2) is 35.1 Å². The average Bonchev–Trinajstić information content (AvgIpc) is 2.36. The van der Waals surface area contributed by atoms with E-state index in [1.807, 2.05) is 58.0 Å². The van der Waals surface area contributed by atoms with E-state index in [2.05, 4.69) is 5.32 Å². The average molecular weight is 304 g/mol. The van der Waals surface area contributed by atoms with Crippen LogP contribution in [0.5, 0.6) is 0 Å². The minimum absolute atomic E-state index is 0.157. The highest BCUT2D eigenvalue weighted by Crippen LogP contribution is 2.30. The van der Waals surface area contributed by atoms with E-state index in [-0.39, 0.29) is 11.8 Å². The van der Waals surface area contributed by atoms with Crippen molar-refractivity contribution in [2.45, 2.75) is 45.8 Å². The molecule has 2 rings (SSSR count). The Morgan fingerprint density at radius 1 is 1.27 bits per heavy atom. The fraction of sp³-hybridized carbons (Fsp3) is 0.529. The Labute approximate surface area is 131 Å². The molecule has 1 saturated heterocycles. The molecule has 0 aliphatic carbocycles. The molecule has 5 heteroatoms. The minimum atomic E-state index is -0.561. The number of rotatable bonds is 3. The van der Waals surface area contributed by atoms with Gasteiger partial charge in [0, 0.05) is 18.2 Å². The summed E-state index contributed by atoms with van der Waals surface area (Å²) < 4.78 is 5.37. The van der Waals surface area contributed by atoms with E-state index in [4.69, 9.17) is 4.74 Å². The maximum absolute atomic E-state index is 12.5. The molecule has 1 aromatic carbocycles. The van der Waals surface area contributed by atoms with Gasteiger partial charge >= 0.3 is 6.09 Å². The van der Waals surface area contributed by atoms with Crippen LogP contribution in [0.15, 0.2) is 30.3 Å². The van der Waals surface area contributed by atoms with Crippen molar-refractivity contribution in [3.63, 3.8) is 0 Å². The number of benzene rings is 1. The highest BCUT2D eigenvalue weighted by molar-refractivity contribution is 5.97. The summed E-state index contributed by atoms with van der Waals surface area (Å²) >= 11 is 0. The van der Waals surface area contributed by atoms with Gasteiger partial charge in [-0.05, 0) is 39.3 Å². The number of carbonyl (C=O) groups is 2. The van der Waals surface area contributed by atoms with Crippen LogP contribution in [0, 0.1) is 5.92 Å². The summed E-state index contributed by atoms with van der Waals surface area (Å²) in [5, 5.41) is 2.87. The number of nitrogens with zero attached hydrogens (tertiary/aromatic N) is 1. The Hall–Kier alpha value is -2.04. The van der Waals surface area contributed by atoms with E-state index < -0.39 is 17.7 Å². The molecule has 0 bridgehead atoms. The van der Waals surface area contributed by atoms with Gasteiger partial charge < -0.3 is 10.1 Å². The summed E-state index contributed by atoms with van der Waals surface area (Å²) in [4.78, 5) is 26.2. The minimum Gasteiger partial charge on any atom is -0.444 e. The van der Waals surface area contributed by atoms with Crippen molar-refractivity contribution < 1.29 is 14.3 Å². The van der Waals surface area contributed by atoms with Crippen LogP contribution in [0.4, 0.5) is 10.5 Å². The summed E-state index contributed by atoms with van der Waals surface area (Å²) in [6.45, 7) is 8.06. The van der Waals surface area contributed by atoms with Gasteiger partial charge in [0.1, 0.15) is 11.6 Å². The monoisotopic (exact) mass is 304 g/mol. The molecule has 0 aromatic heterocycles. The van der Waals surface area contributed by atoms with Gasteiger partial charge in [-0.1, -0.05) is 25.1 Å². The first-order valence-corrected chi connectivity index (χ1v) is 7.67. The molecular formula is C17H24N2O3. The molecule has 22 heavy (non-hydrogen) atoms. The Morgan fingerprint density at radius 3 is 2.45 bits per heavy atom. The molecule has 5 nitrogen and oxygen atoms in total. The van der Waals surface area contributed by atoms with Crippen LogP contribution in [0.25, 0.3) is 0 Å². The number of hydrogen-bond acceptors (Lipinski definition) is 3. The van der Waals surface area contributed by atoms with Crippen molar-refractivity contribution >= 4 is 17.7 Å². The van der Waals surface area contributed by atoms with Gasteiger partial charge in [0.15, 0.2) is 0 Å². The molecule has 0 spiro atoms. The molecule has 1 aromatic rings. The summed E-state index contributed by atoms with van der Waals surface area (Å²) in [5.74, 6) is 0.0198. The van der Waals surface area contributed by atoms with E-state index in [0.29, 0.717) is 6.54 Å². The second-order valence-electron chi connectivity index (χ2n) is 6.60. The largest absolute Gasteiger partial charge is 0.444 e. The lowest BCUT2D eigenvalue weighted by atomic mass is 9.86. The molecule has 120 valence electrons. The number of hydrogen-bond donors (Lipinski definition) is 1. The maximum Gasteiger partial charge on any atom is 0.410 e. The van der Waals surface area contributed by atoms with E-state index in [9.17, 15) is 9.59 Å². The van der Waals surface area contributed by atoms with Crippen LogP contribution in [0.3, 0.4) is 0 Å². The van der Waals surface area contributed by atoms with Gasteiger partial charge in [-0.3, -0.25) is 9.69 Å². The van der Waals surface area contributed by atoms with E-state index in [1.54, 1.807) is 0 Å². The van der Waals surface area contributed by atoms with Crippen molar-refractivity contribution in [3.8, 4) is 0 Å². The molecule has 0 radical (unpaired) electrons. The zero-order valence-corrected chi connectivity index (χ0v) is 13.6. The highest BCUT2D eigenvalue weighted by atomic mass is 16.6. The first-order valence-electron chi connectivity index (χ1n) is 7.67. The van der Waals surface area contributed by atoms with Gasteiger partial charge in [-0.2, -0.15) is 0 Å². The quantitative estimate of drug-likeness (QED) is 0.932. The van der Waals surface area contributed by atoms with Crippen molar-refractivity contribution in [2.75, 3.05) is 11.9 Å². The van der Waals surface area contributed by atoms with Crippen LogP contribution < -0.4 is 5.32 Å². The zero-order valence-electron chi connectivity index (χ0n) is 13.6. The Morgan fingerprint density at radius 2 is 1.91 bits per heavy atom. The molecule has 1 unspecified atom stereocenters. The fourth-order valence-electron chi connectivity index (χ4n) is 2.54. The first kappa shape index (κ1) is 16.3. The molecule has 1 heterocycles. The van der Waals surface area contributed by atoms with E-state index in [1.165, 1.54) is 4.90 Å². The smallest absolute Gasteiger partial charge is 0.410 e. The van der Waals surface area contributed by atoms with Crippen molar-refractivity contribution in [1.82, 2.24) is 4.90 Å². The number of likely N-dealkylation sites (tertiary alicyclic amines) is 1. The summed E-state index contributed by atoms with van der Waals surface area (Å²) in [6, 6.07) is 8.81. The summed E-state index contributed by atoms with van der Waals surface area (Å²) in [7, 11) is 0. The molecule has 1 aliphatic rings. The number of anilines is 1. The molecule has 1 aliphatic heterocycles. The first-order chi connectivity index (χ1) is 10.3. The van der Waals surface area contributed by atoms with Crippen molar-refractivity contribution in [3.05, 3.63) is 30.3 Å². The number of nitrogens with one attached hydrogen (secondary N) is 1. The lowest BCUT2D eigenvalue weighted by Gasteiger charge is -2.46. The predicted molar refractivity (Wildman–Crippen MR) is 85.6 cm³/mol. The maximum atomic E-state index is 12.5. The highest BCUT2D eigenvalue weighted by Gasteiger charge is 2.47. The molecule has 2 atom stereocenters. The number of carbonyl (C=O) groups excluding carboxylic acids is 2. The van der Waals surface area contributed by atoms with Crippen molar-refractivity contribution in [2.24, 2.45) is 5.92 Å². The topological polar surface area (TPSA) is 58.6 Å². The second-order valence-corrected chi connectivity index (χ2v) is 6.60. The third kappa shape index (κ3) is 3.78. The van der Waals surface area contributed by atoms with Gasteiger partial charge in [-0.25, -0.2) is 4.79 Å². The van der Waals surface area contributed by atoms with Crippen LogP contribution in [0.1, 0.15) is 34.1 Å². The zero-order chi connectivity index (χ0) is 16.3. The second kappa shape index (κ2) is 6.38. The van der Waals surface area contributed by atoms with E-state index in [0.717, 1.165) is 12.1 Å². The number of ether oxygens (including phenoxy) is 1. The predicted octanol–water partition coefficient (Wildman–Crippen LogP) is 3.27. The van der Waals surface area contributed by atoms with Crippen LogP contribution in [-0.2, 0) is 9.53 Å². The molecule has 1 fully saturated rings. The fourth-order valence-corrected chi connectivity index (χ4v) is 2.54. The normalized spacial score (nSPS) is 21.0. The molecule has 1 N–H and O–H groups in total. The lowest BCUT2D eigenvalue weighted by Crippen LogP contribution is -2.64. The molecule has 0 saturated carbocycles. The third-order valence-electron chi connectivity index (χ3n) is 3.68. The van der Waals surface area contributed by atoms with E-state index >= 15 is 0 Å². The Bertz CT molecular complexity index is 537. The van der Waals surface area contributed by atoms with Gasteiger partial charge in [0.05, 0.1) is 0 Å². The summed E-state index contributed by atoms with van der Waals surface area (Å²) in [5.41, 5.74) is 0.174. The van der Waals surface area contributed by atoms with Gasteiger partial charge in [0.2, 0.25) is 5.91 Å². The number of amides is 2. The standard InChI is InChI=1S/C17H24N2O3/c1-5-12-11-19(16(21)22-17(2,3)4)14(12)15(20)18-13-9-7-6-8-10-13/h6-10,12,14H,5,11H2,1-4H3,(H,18,20)/t12-,14?/m0/s1. The molecule has 2 amide bonds. The third-order valence-corrected chi connectivity index (χ3v) is 3.68. The van der Waals surface area contributed by atoms with Crippen molar-refractivity contribution in [1.29, 1.82) is 0 Å². The van der Waals surface area contributed by atoms with Crippen LogP contribution >= 0.6 is 0 Å². The SMILES string of the molecule is CC[C@H]1CN(C(=O)OC(C)(C)C)C1C(=O)Nc1ccccc1. The van der Waals surface area contributed by atoms with Crippen LogP contribution in [0.2, 0.25) is 0 Å². The van der Waals surface area contributed by atoms with Gasteiger partial charge in [-0.15, -0.1) is 0 Å². The Kier molecular flexibility index (Phi) is 4.74. The number of para-hydroxylation sites is 1. The lowest BCUT2D eigenvalue weighted by molar-refractivity contribution is -0.130. The van der Waals surface area contributed by atoms with Gasteiger partial charge in [0.25, 0.3) is 0 Å². The Balaban J connectivity index is 2.04. The summed E-state index contributed by atoms with van der Waals surface area (Å²) in [6.07, 6.45) is 0.428.